The van der Waals surface area contributed by atoms with Crippen LogP contribution in [0.5, 0.6) is 0 Å². The summed E-state index contributed by atoms with van der Waals surface area (Å²) >= 11 is 0. The van der Waals surface area contributed by atoms with Crippen molar-refractivity contribution in [2.24, 2.45) is 0 Å². The second-order valence-corrected chi connectivity index (χ2v) is 8.11. The largest absolute Gasteiger partial charge is 0.353 e. The van der Waals surface area contributed by atoms with Crippen molar-refractivity contribution < 1.29 is 9.59 Å². The quantitative estimate of drug-likeness (QED) is 0.704. The Morgan fingerprint density at radius 2 is 1.78 bits per heavy atom. The molecule has 0 radical (unpaired) electrons. The van der Waals surface area contributed by atoms with E-state index < -0.39 is 0 Å². The first-order chi connectivity index (χ1) is 13.0. The van der Waals surface area contributed by atoms with Crippen LogP contribution in [0.1, 0.15) is 59.3 Å². The number of nitrogens with zero attached hydrogens (tertiary/aromatic N) is 3. The van der Waals surface area contributed by atoms with Gasteiger partial charge in [-0.2, -0.15) is 0 Å². The van der Waals surface area contributed by atoms with Crippen LogP contribution < -0.4 is 5.32 Å². The molecule has 0 spiro atoms. The van der Waals surface area contributed by atoms with E-state index in [9.17, 15) is 9.59 Å². The Hall–Kier alpha value is -1.40. The molecule has 1 N–H and O–H groups in total. The van der Waals surface area contributed by atoms with E-state index in [1.54, 1.807) is 0 Å². The minimum atomic E-state index is 0.0906. The lowest BCUT2D eigenvalue weighted by atomic mass is 10.0. The highest BCUT2D eigenvalue weighted by Gasteiger charge is 2.23. The molecule has 0 aromatic rings. The number of nitrogens with one attached hydrogen (secondary N) is 1. The van der Waals surface area contributed by atoms with Crippen LogP contribution >= 0.6 is 0 Å². The molecule has 1 saturated heterocycles. The predicted molar refractivity (Wildman–Crippen MR) is 109 cm³/mol. The monoisotopic (exact) mass is 378 g/mol. The fourth-order valence-electron chi connectivity index (χ4n) is 3.91. The molecule has 1 aliphatic carbocycles. The first kappa shape index (κ1) is 21.9. The van der Waals surface area contributed by atoms with Gasteiger partial charge in [0.15, 0.2) is 0 Å². The lowest BCUT2D eigenvalue weighted by Crippen LogP contribution is -2.43. The fourth-order valence-corrected chi connectivity index (χ4v) is 3.91. The number of rotatable bonds is 8. The Balaban J connectivity index is 1.84. The molecule has 2 rings (SSSR count). The molecule has 6 heteroatoms. The minimum Gasteiger partial charge on any atom is -0.353 e. The van der Waals surface area contributed by atoms with E-state index in [0.29, 0.717) is 13.1 Å². The molecule has 2 amide bonds. The maximum absolute atomic E-state index is 13.0. The van der Waals surface area contributed by atoms with Crippen molar-refractivity contribution in [3.8, 4) is 0 Å². The molecule has 0 unspecified atom stereocenters. The van der Waals surface area contributed by atoms with Gasteiger partial charge in [-0.05, 0) is 65.5 Å². The third kappa shape index (κ3) is 7.62. The standard InChI is InChI=1S/C21H38N4O2/c1-4-11-25(19-9-6-5-7-10-19)21(27)17-24-13-8-12-23(14-15-24)16-20(26)22-18(2)3/h9,18H,4-8,10-17H2,1-3H3,(H,22,26). The Morgan fingerprint density at radius 1 is 1.07 bits per heavy atom. The van der Waals surface area contributed by atoms with Gasteiger partial charge in [-0.15, -0.1) is 0 Å². The molecule has 0 atom stereocenters. The van der Waals surface area contributed by atoms with E-state index >= 15 is 0 Å². The molecule has 1 heterocycles. The summed E-state index contributed by atoms with van der Waals surface area (Å²) in [4.78, 5) is 31.4. The molecular weight excluding hydrogens is 340 g/mol. The molecule has 154 valence electrons. The van der Waals surface area contributed by atoms with Gasteiger partial charge in [-0.25, -0.2) is 0 Å². The Kier molecular flexibility index (Phi) is 9.28. The summed E-state index contributed by atoms with van der Waals surface area (Å²) in [6.45, 7) is 11.4. The zero-order valence-electron chi connectivity index (χ0n) is 17.5. The van der Waals surface area contributed by atoms with E-state index in [-0.39, 0.29) is 17.9 Å². The molecule has 1 fully saturated rings. The van der Waals surface area contributed by atoms with Crippen molar-refractivity contribution in [2.75, 3.05) is 45.8 Å². The zero-order chi connectivity index (χ0) is 19.6. The highest BCUT2D eigenvalue weighted by atomic mass is 16.2. The maximum atomic E-state index is 13.0. The maximum Gasteiger partial charge on any atom is 0.240 e. The zero-order valence-corrected chi connectivity index (χ0v) is 17.5. The van der Waals surface area contributed by atoms with Crippen LogP contribution in [0.3, 0.4) is 0 Å². The fraction of sp³-hybridized carbons (Fsp3) is 0.810. The highest BCUT2D eigenvalue weighted by molar-refractivity contribution is 5.80. The molecule has 27 heavy (non-hydrogen) atoms. The third-order valence-corrected chi connectivity index (χ3v) is 5.22. The number of carbonyl (C=O) groups excluding carboxylic acids is 2. The van der Waals surface area contributed by atoms with Crippen LogP contribution in [-0.4, -0.2) is 78.4 Å². The number of hydrogen-bond donors (Lipinski definition) is 1. The van der Waals surface area contributed by atoms with Gasteiger partial charge in [0.1, 0.15) is 0 Å². The number of hydrogen-bond acceptors (Lipinski definition) is 4. The van der Waals surface area contributed by atoms with E-state index in [2.05, 4.69) is 28.1 Å². The van der Waals surface area contributed by atoms with Crippen molar-refractivity contribution >= 4 is 11.8 Å². The smallest absolute Gasteiger partial charge is 0.240 e. The van der Waals surface area contributed by atoms with Crippen molar-refractivity contribution in [3.63, 3.8) is 0 Å². The minimum absolute atomic E-state index is 0.0906. The number of carbonyl (C=O) groups is 2. The molecule has 0 bridgehead atoms. The van der Waals surface area contributed by atoms with Crippen LogP contribution in [0.4, 0.5) is 0 Å². The van der Waals surface area contributed by atoms with Crippen molar-refractivity contribution in [1.82, 2.24) is 20.0 Å². The third-order valence-electron chi connectivity index (χ3n) is 5.22. The summed E-state index contributed by atoms with van der Waals surface area (Å²) in [5.74, 6) is 0.323. The lowest BCUT2D eigenvalue weighted by molar-refractivity contribution is -0.130. The van der Waals surface area contributed by atoms with Gasteiger partial charge in [0, 0.05) is 31.4 Å². The summed E-state index contributed by atoms with van der Waals surface area (Å²) < 4.78 is 0. The van der Waals surface area contributed by atoms with Crippen molar-refractivity contribution in [3.05, 3.63) is 11.8 Å². The van der Waals surface area contributed by atoms with Gasteiger partial charge in [0.25, 0.3) is 0 Å². The Morgan fingerprint density at radius 3 is 2.37 bits per heavy atom. The first-order valence-electron chi connectivity index (χ1n) is 10.7. The van der Waals surface area contributed by atoms with E-state index in [1.165, 1.54) is 18.5 Å². The number of amides is 2. The highest BCUT2D eigenvalue weighted by Crippen LogP contribution is 2.21. The molecule has 0 aromatic heterocycles. The van der Waals surface area contributed by atoms with Crippen LogP contribution in [0.15, 0.2) is 11.8 Å². The molecule has 0 saturated carbocycles. The second-order valence-electron chi connectivity index (χ2n) is 8.11. The predicted octanol–water partition coefficient (Wildman–Crippen LogP) is 2.22. The van der Waals surface area contributed by atoms with E-state index in [4.69, 9.17) is 0 Å². The Labute approximate surface area is 164 Å². The van der Waals surface area contributed by atoms with Crippen LogP contribution in [0.25, 0.3) is 0 Å². The number of allylic oxidation sites excluding steroid dienone is 2. The molecule has 6 nitrogen and oxygen atoms in total. The van der Waals surface area contributed by atoms with Crippen LogP contribution in [0, 0.1) is 0 Å². The summed E-state index contributed by atoms with van der Waals surface area (Å²) in [6.07, 6.45) is 8.81. The topological polar surface area (TPSA) is 55.9 Å². The molecule has 2 aliphatic rings. The van der Waals surface area contributed by atoms with E-state index in [1.807, 2.05) is 18.7 Å². The van der Waals surface area contributed by atoms with Gasteiger partial charge >= 0.3 is 0 Å². The summed E-state index contributed by atoms with van der Waals surface area (Å²) in [5, 5.41) is 2.96. The summed E-state index contributed by atoms with van der Waals surface area (Å²) in [5.41, 5.74) is 1.23. The van der Waals surface area contributed by atoms with Gasteiger partial charge in [-0.3, -0.25) is 19.4 Å². The van der Waals surface area contributed by atoms with E-state index in [0.717, 1.165) is 58.4 Å². The van der Waals surface area contributed by atoms with Gasteiger partial charge < -0.3 is 10.2 Å². The Bertz CT molecular complexity index is 518. The summed E-state index contributed by atoms with van der Waals surface area (Å²) in [7, 11) is 0. The lowest BCUT2D eigenvalue weighted by Gasteiger charge is -2.30. The van der Waals surface area contributed by atoms with Gasteiger partial charge in [0.05, 0.1) is 13.1 Å². The van der Waals surface area contributed by atoms with Gasteiger partial charge in [-0.1, -0.05) is 13.0 Å². The molecule has 0 aromatic carbocycles. The van der Waals surface area contributed by atoms with Crippen molar-refractivity contribution in [2.45, 2.75) is 65.3 Å². The normalized spacial score (nSPS) is 19.5. The SMILES string of the molecule is CCCN(C(=O)CN1CCCN(CC(=O)NC(C)C)CC1)C1=CCCCC1. The molecular formula is C21H38N4O2. The average Bonchev–Trinajstić information content (AvgIpc) is 2.84. The second kappa shape index (κ2) is 11.4. The van der Waals surface area contributed by atoms with Crippen molar-refractivity contribution in [1.29, 1.82) is 0 Å². The summed E-state index contributed by atoms with van der Waals surface area (Å²) in [6, 6.07) is 0.178. The molecule has 1 aliphatic heterocycles. The average molecular weight is 379 g/mol. The first-order valence-corrected chi connectivity index (χ1v) is 10.7. The van der Waals surface area contributed by atoms with Gasteiger partial charge in [0.2, 0.25) is 11.8 Å². The van der Waals surface area contributed by atoms with Crippen LogP contribution in [0.2, 0.25) is 0 Å². The van der Waals surface area contributed by atoms with Crippen LogP contribution in [-0.2, 0) is 9.59 Å².